The highest BCUT2D eigenvalue weighted by molar-refractivity contribution is 6.15. The number of anilines is 1. The summed E-state index contributed by atoms with van der Waals surface area (Å²) in [5.41, 5.74) is 6.22. The highest BCUT2D eigenvalue weighted by atomic mass is 16.5. The fourth-order valence-corrected chi connectivity index (χ4v) is 5.01. The van der Waals surface area contributed by atoms with Crippen LogP contribution in [0, 0.1) is 0 Å². The maximum atomic E-state index is 13.4. The summed E-state index contributed by atoms with van der Waals surface area (Å²) in [6, 6.07) is 11.8. The SMILES string of the molecule is CCCCCCCCCCCCCCCOc1ccc(C(=O)c2cccc3c(=O)c(N)c(-c4nnn[nH]4)oc23)cc1. The molecule has 0 atom stereocenters. The molecule has 2 aromatic heterocycles. The molecule has 0 aliphatic carbocycles. The summed E-state index contributed by atoms with van der Waals surface area (Å²) in [7, 11) is 0. The minimum Gasteiger partial charge on any atom is -0.494 e. The number of fused-ring (bicyclic) bond motifs is 1. The van der Waals surface area contributed by atoms with E-state index in [0.717, 1.165) is 18.6 Å². The summed E-state index contributed by atoms with van der Waals surface area (Å²) < 4.78 is 11.8. The highest BCUT2D eigenvalue weighted by Gasteiger charge is 2.21. The molecular formula is C32H41N5O4. The van der Waals surface area contributed by atoms with Crippen molar-refractivity contribution in [3.63, 3.8) is 0 Å². The molecule has 0 radical (unpaired) electrons. The second-order valence-corrected chi connectivity index (χ2v) is 10.6. The van der Waals surface area contributed by atoms with Crippen LogP contribution in [0.1, 0.15) is 106 Å². The summed E-state index contributed by atoms with van der Waals surface area (Å²) in [6.07, 6.45) is 17.1. The topological polar surface area (TPSA) is 137 Å². The number of tetrazole rings is 1. The van der Waals surface area contributed by atoms with E-state index < -0.39 is 5.43 Å². The van der Waals surface area contributed by atoms with Gasteiger partial charge in [-0.15, -0.1) is 5.10 Å². The number of unbranched alkanes of at least 4 members (excludes halogenated alkanes) is 12. The number of ether oxygens (including phenoxy) is 1. The lowest BCUT2D eigenvalue weighted by Crippen LogP contribution is -2.12. The van der Waals surface area contributed by atoms with E-state index in [0.29, 0.717) is 12.2 Å². The molecule has 3 N–H and O–H groups in total. The van der Waals surface area contributed by atoms with Gasteiger partial charge in [0.1, 0.15) is 17.0 Å². The molecule has 41 heavy (non-hydrogen) atoms. The van der Waals surface area contributed by atoms with Crippen molar-refractivity contribution >= 4 is 22.4 Å². The number of carbonyl (C=O) groups excluding carboxylic acids is 1. The largest absolute Gasteiger partial charge is 0.494 e. The van der Waals surface area contributed by atoms with Crippen LogP contribution in [0.3, 0.4) is 0 Å². The predicted molar refractivity (Wildman–Crippen MR) is 161 cm³/mol. The normalized spacial score (nSPS) is 11.2. The number of hydrogen-bond acceptors (Lipinski definition) is 8. The quantitative estimate of drug-likeness (QED) is 0.0960. The average Bonchev–Trinajstić information content (AvgIpc) is 3.54. The van der Waals surface area contributed by atoms with Crippen molar-refractivity contribution in [2.75, 3.05) is 12.3 Å². The molecule has 0 aliphatic rings. The van der Waals surface area contributed by atoms with Gasteiger partial charge in [-0.3, -0.25) is 9.59 Å². The number of benzene rings is 2. The van der Waals surface area contributed by atoms with Crippen LogP contribution in [-0.4, -0.2) is 33.0 Å². The number of nitrogens with zero attached hydrogens (tertiary/aromatic N) is 3. The Bertz CT molecular complexity index is 1430. The number of nitrogens with one attached hydrogen (secondary N) is 1. The Morgan fingerprint density at radius 2 is 1.51 bits per heavy atom. The van der Waals surface area contributed by atoms with Crippen LogP contribution >= 0.6 is 0 Å². The molecular weight excluding hydrogens is 518 g/mol. The summed E-state index contributed by atoms with van der Waals surface area (Å²) in [5.74, 6) is 0.532. The summed E-state index contributed by atoms with van der Waals surface area (Å²) in [6.45, 7) is 2.92. The fourth-order valence-electron chi connectivity index (χ4n) is 5.01. The van der Waals surface area contributed by atoms with E-state index in [1.54, 1.807) is 42.5 Å². The fraction of sp³-hybridized carbons (Fsp3) is 0.469. The van der Waals surface area contributed by atoms with Gasteiger partial charge in [-0.05, 0) is 53.2 Å². The standard InChI is InChI=1S/C32H41N5O4/c1-2-3-4-5-6-7-8-9-10-11-12-13-14-22-40-24-20-18-23(19-21-24)28(38)25-16-15-17-26-29(39)27(33)31(41-30(25)26)32-34-36-37-35-32/h15-21H,2-14,22,33H2,1H3,(H,34,35,36,37). The van der Waals surface area contributed by atoms with Crippen LogP contribution in [0.25, 0.3) is 22.6 Å². The van der Waals surface area contributed by atoms with E-state index in [9.17, 15) is 9.59 Å². The molecule has 0 aliphatic heterocycles. The van der Waals surface area contributed by atoms with Crippen molar-refractivity contribution < 1.29 is 13.9 Å². The van der Waals surface area contributed by atoms with Gasteiger partial charge in [0.05, 0.1) is 17.6 Å². The highest BCUT2D eigenvalue weighted by Crippen LogP contribution is 2.28. The van der Waals surface area contributed by atoms with E-state index in [2.05, 4.69) is 27.5 Å². The molecule has 0 fully saturated rings. The van der Waals surface area contributed by atoms with Crippen molar-refractivity contribution in [1.82, 2.24) is 20.6 Å². The van der Waals surface area contributed by atoms with Crippen molar-refractivity contribution in [2.24, 2.45) is 0 Å². The third-order valence-corrected chi connectivity index (χ3v) is 7.39. The van der Waals surface area contributed by atoms with E-state index in [1.165, 1.54) is 70.6 Å². The molecule has 2 heterocycles. The molecule has 0 saturated heterocycles. The summed E-state index contributed by atoms with van der Waals surface area (Å²) in [4.78, 5) is 26.3. The number of aromatic nitrogens is 4. The number of aromatic amines is 1. The van der Waals surface area contributed by atoms with Crippen LogP contribution in [0.15, 0.2) is 51.7 Å². The minimum atomic E-state index is -0.454. The molecule has 0 saturated carbocycles. The zero-order chi connectivity index (χ0) is 28.9. The lowest BCUT2D eigenvalue weighted by molar-refractivity contribution is 0.103. The zero-order valence-corrected chi connectivity index (χ0v) is 24.0. The van der Waals surface area contributed by atoms with E-state index in [1.807, 2.05) is 0 Å². The van der Waals surface area contributed by atoms with Crippen LogP contribution in [0.4, 0.5) is 5.69 Å². The Morgan fingerprint density at radius 1 is 0.878 bits per heavy atom. The van der Waals surface area contributed by atoms with Gasteiger partial charge in [-0.1, -0.05) is 90.0 Å². The average molecular weight is 560 g/mol. The number of ketones is 1. The van der Waals surface area contributed by atoms with Gasteiger partial charge in [-0.2, -0.15) is 0 Å². The van der Waals surface area contributed by atoms with Gasteiger partial charge in [-0.25, -0.2) is 5.10 Å². The number of rotatable bonds is 18. The van der Waals surface area contributed by atoms with Crippen molar-refractivity contribution in [3.05, 3.63) is 63.8 Å². The van der Waals surface area contributed by atoms with Crippen molar-refractivity contribution in [3.8, 4) is 17.3 Å². The lowest BCUT2D eigenvalue weighted by atomic mass is 10.0. The monoisotopic (exact) mass is 559 g/mol. The molecule has 2 aromatic carbocycles. The number of carbonyl (C=O) groups is 1. The first kappa shape index (κ1) is 30.0. The smallest absolute Gasteiger partial charge is 0.217 e. The molecule has 0 amide bonds. The van der Waals surface area contributed by atoms with Gasteiger partial charge < -0.3 is 14.9 Å². The summed E-state index contributed by atoms with van der Waals surface area (Å²) >= 11 is 0. The van der Waals surface area contributed by atoms with Gasteiger partial charge in [0.2, 0.25) is 11.3 Å². The second kappa shape index (κ2) is 15.7. The van der Waals surface area contributed by atoms with Crippen LogP contribution in [-0.2, 0) is 0 Å². The molecule has 9 heteroatoms. The Labute approximate surface area is 240 Å². The zero-order valence-electron chi connectivity index (χ0n) is 24.0. The molecule has 0 unspecified atom stereocenters. The molecule has 218 valence electrons. The Morgan fingerprint density at radius 3 is 2.12 bits per heavy atom. The Balaban J connectivity index is 1.23. The second-order valence-electron chi connectivity index (χ2n) is 10.6. The van der Waals surface area contributed by atoms with Crippen LogP contribution in [0.2, 0.25) is 0 Å². The van der Waals surface area contributed by atoms with E-state index >= 15 is 0 Å². The molecule has 9 nitrogen and oxygen atoms in total. The molecule has 0 spiro atoms. The molecule has 4 aromatic rings. The maximum Gasteiger partial charge on any atom is 0.217 e. The first-order valence-electron chi connectivity index (χ1n) is 15.0. The third-order valence-electron chi connectivity index (χ3n) is 7.39. The van der Waals surface area contributed by atoms with E-state index in [4.69, 9.17) is 14.9 Å². The van der Waals surface area contributed by atoms with Gasteiger partial charge in [0.15, 0.2) is 11.5 Å². The molecule has 0 bridgehead atoms. The third kappa shape index (κ3) is 8.25. The Kier molecular flexibility index (Phi) is 11.5. The van der Waals surface area contributed by atoms with Gasteiger partial charge in [0, 0.05) is 5.56 Å². The number of hydrogen-bond donors (Lipinski definition) is 2. The lowest BCUT2D eigenvalue weighted by Gasteiger charge is -2.09. The predicted octanol–water partition coefficient (Wildman–Crippen LogP) is 7.26. The number of H-pyrrole nitrogens is 1. The number of nitrogen functional groups attached to an aromatic ring is 1. The number of para-hydroxylation sites is 1. The summed E-state index contributed by atoms with van der Waals surface area (Å²) in [5, 5.41) is 13.5. The van der Waals surface area contributed by atoms with Crippen LogP contribution < -0.4 is 15.9 Å². The first-order chi connectivity index (χ1) is 20.1. The Hall–Kier alpha value is -4.01. The first-order valence-corrected chi connectivity index (χ1v) is 15.0. The molecule has 4 rings (SSSR count). The van der Waals surface area contributed by atoms with Crippen LogP contribution in [0.5, 0.6) is 5.75 Å². The number of nitrogens with two attached hydrogens (primary N) is 1. The van der Waals surface area contributed by atoms with Gasteiger partial charge in [0.25, 0.3) is 0 Å². The van der Waals surface area contributed by atoms with E-state index in [-0.39, 0.29) is 39.6 Å². The minimum absolute atomic E-state index is 0.00957. The van der Waals surface area contributed by atoms with Crippen molar-refractivity contribution in [1.29, 1.82) is 0 Å². The van der Waals surface area contributed by atoms with Gasteiger partial charge >= 0.3 is 0 Å². The van der Waals surface area contributed by atoms with Crippen molar-refractivity contribution in [2.45, 2.75) is 90.4 Å². The maximum absolute atomic E-state index is 13.4.